The van der Waals surface area contributed by atoms with E-state index in [-0.39, 0.29) is 32.0 Å². The number of carbonyl (C=O) groups excluding carboxylic acids is 2. The summed E-state index contributed by atoms with van der Waals surface area (Å²) in [6.07, 6.45) is 43.8. The number of phosphoric ester groups is 1. The number of carbonyl (C=O) groups is 2. The molecule has 0 radical (unpaired) electrons. The zero-order chi connectivity index (χ0) is 42.8. The molecule has 58 heavy (non-hydrogen) atoms. The Hall–Kier alpha value is -1.25. The molecule has 0 aliphatic heterocycles. The molecule has 2 atom stereocenters. The summed E-state index contributed by atoms with van der Waals surface area (Å²) in [6, 6.07) is 0. The fourth-order valence-electron chi connectivity index (χ4n) is 6.95. The monoisotopic (exact) mass is 844 g/mol. The molecule has 0 amide bonds. The molecule has 0 aliphatic rings. The van der Waals surface area contributed by atoms with Crippen LogP contribution in [0.1, 0.15) is 232 Å². The molecule has 1 unspecified atom stereocenters. The van der Waals surface area contributed by atoms with Crippen molar-refractivity contribution in [1.29, 1.82) is 0 Å². The van der Waals surface area contributed by atoms with E-state index in [2.05, 4.69) is 26.0 Å². The number of nitrogens with zero attached hydrogens (tertiary/aromatic N) is 1. The average molecular weight is 844 g/mol. The predicted molar refractivity (Wildman–Crippen MR) is 241 cm³/mol. The smallest absolute Gasteiger partial charge is 0.306 e. The van der Waals surface area contributed by atoms with Crippen molar-refractivity contribution in [3.8, 4) is 0 Å². The van der Waals surface area contributed by atoms with E-state index in [0.717, 1.165) is 44.9 Å². The van der Waals surface area contributed by atoms with Crippen LogP contribution in [0.5, 0.6) is 0 Å². The van der Waals surface area contributed by atoms with E-state index in [0.29, 0.717) is 17.4 Å². The zero-order valence-corrected chi connectivity index (χ0v) is 39.7. The van der Waals surface area contributed by atoms with E-state index >= 15 is 0 Å². The van der Waals surface area contributed by atoms with Crippen molar-refractivity contribution in [1.82, 2.24) is 0 Å². The van der Waals surface area contributed by atoms with E-state index in [1.165, 1.54) is 154 Å². The Balaban J connectivity index is 4.24. The number of ether oxygens (including phenoxy) is 2. The first-order chi connectivity index (χ1) is 28.0. The van der Waals surface area contributed by atoms with Gasteiger partial charge in [-0.25, -0.2) is 0 Å². The lowest BCUT2D eigenvalue weighted by molar-refractivity contribution is -0.870. The summed E-state index contributed by atoms with van der Waals surface area (Å²) in [5.74, 6) is -0.826. The van der Waals surface area contributed by atoms with Gasteiger partial charge in [0, 0.05) is 12.8 Å². The highest BCUT2D eigenvalue weighted by atomic mass is 31.2. The summed E-state index contributed by atoms with van der Waals surface area (Å²) in [7, 11) is 1.17. The Labute approximate surface area is 358 Å². The minimum absolute atomic E-state index is 0.0284. The van der Waals surface area contributed by atoms with E-state index in [1.807, 2.05) is 21.1 Å². The third-order valence-electron chi connectivity index (χ3n) is 10.8. The van der Waals surface area contributed by atoms with Crippen LogP contribution >= 0.6 is 7.82 Å². The fourth-order valence-corrected chi connectivity index (χ4v) is 7.67. The van der Waals surface area contributed by atoms with E-state index < -0.39 is 26.5 Å². The number of hydrogen-bond acceptors (Lipinski definition) is 8. The maximum atomic E-state index is 12.7. The Kier molecular flexibility index (Phi) is 40.2. The summed E-state index contributed by atoms with van der Waals surface area (Å²) in [4.78, 5) is 37.6. The Morgan fingerprint density at radius 3 is 1.29 bits per heavy atom. The molecule has 0 aliphatic carbocycles. The van der Waals surface area contributed by atoms with E-state index in [1.54, 1.807) is 0 Å². The van der Waals surface area contributed by atoms with Gasteiger partial charge in [0.2, 0.25) is 0 Å². The zero-order valence-electron chi connectivity index (χ0n) is 38.8. The largest absolute Gasteiger partial charge is 0.756 e. The topological polar surface area (TPSA) is 111 Å². The number of unbranched alkanes of at least 4 members (excludes halogenated alkanes) is 29. The van der Waals surface area contributed by atoms with Crippen molar-refractivity contribution < 1.29 is 42.1 Å². The summed E-state index contributed by atoms with van der Waals surface area (Å²) >= 11 is 0. The summed E-state index contributed by atoms with van der Waals surface area (Å²) < 4.78 is 34.0. The molecular formula is C48H94NO8P. The van der Waals surface area contributed by atoms with E-state index in [4.69, 9.17) is 18.5 Å². The van der Waals surface area contributed by atoms with Crippen molar-refractivity contribution in [3.63, 3.8) is 0 Å². The Morgan fingerprint density at radius 1 is 0.517 bits per heavy atom. The van der Waals surface area contributed by atoms with Crippen molar-refractivity contribution in [2.75, 3.05) is 47.5 Å². The van der Waals surface area contributed by atoms with Gasteiger partial charge in [-0.1, -0.05) is 193 Å². The minimum atomic E-state index is -4.62. The van der Waals surface area contributed by atoms with Gasteiger partial charge in [0.05, 0.1) is 27.7 Å². The second kappa shape index (κ2) is 41.1. The van der Waals surface area contributed by atoms with Crippen LogP contribution in [0.25, 0.3) is 0 Å². The molecule has 0 spiro atoms. The number of quaternary nitrogens is 1. The van der Waals surface area contributed by atoms with Crippen molar-refractivity contribution in [3.05, 3.63) is 12.2 Å². The lowest BCUT2D eigenvalue weighted by Gasteiger charge is -2.28. The third kappa shape index (κ3) is 44.3. The van der Waals surface area contributed by atoms with E-state index in [9.17, 15) is 19.0 Å². The van der Waals surface area contributed by atoms with Gasteiger partial charge in [-0.15, -0.1) is 0 Å². The van der Waals surface area contributed by atoms with Crippen LogP contribution in [-0.2, 0) is 32.7 Å². The van der Waals surface area contributed by atoms with Crippen LogP contribution in [-0.4, -0.2) is 70.0 Å². The van der Waals surface area contributed by atoms with Crippen LogP contribution < -0.4 is 4.89 Å². The Morgan fingerprint density at radius 2 is 0.879 bits per heavy atom. The molecule has 0 bridgehead atoms. The maximum Gasteiger partial charge on any atom is 0.306 e. The summed E-state index contributed by atoms with van der Waals surface area (Å²) in [5, 5.41) is 0. The molecule has 0 aromatic rings. The highest BCUT2D eigenvalue weighted by molar-refractivity contribution is 7.45. The molecule has 10 heteroatoms. The Bertz CT molecular complexity index is 1000. The number of likely N-dealkylation sites (N-methyl/N-ethyl adjacent to an activating group) is 1. The number of rotatable bonds is 45. The van der Waals surface area contributed by atoms with Gasteiger partial charge in [-0.3, -0.25) is 14.2 Å². The van der Waals surface area contributed by atoms with Gasteiger partial charge in [-0.2, -0.15) is 0 Å². The first kappa shape index (κ1) is 56.8. The quantitative estimate of drug-likeness (QED) is 0.0196. The molecule has 0 saturated heterocycles. The first-order valence-electron chi connectivity index (χ1n) is 24.4. The molecule has 0 N–H and O–H groups in total. The van der Waals surface area contributed by atoms with Gasteiger partial charge < -0.3 is 27.9 Å². The van der Waals surface area contributed by atoms with Gasteiger partial charge in [0.1, 0.15) is 19.8 Å². The standard InChI is InChI=1S/C48H94NO8P/c1-6-8-10-12-14-16-18-20-22-23-24-25-27-28-30-32-34-36-38-40-47(50)54-44-46(45-56-58(52,53)55-43-42-49(3,4)5)57-48(51)41-39-37-35-33-31-29-26-21-19-17-15-13-11-9-7-2/h17,19,46H,6-16,18,20-45H2,1-5H3/b19-17+/t46-/m1/s1. The number of hydrogen-bond donors (Lipinski definition) is 0. The fraction of sp³-hybridized carbons (Fsp3) is 0.917. The molecule has 0 fully saturated rings. The lowest BCUT2D eigenvalue weighted by Crippen LogP contribution is -2.37. The maximum absolute atomic E-state index is 12.7. The molecule has 0 aromatic carbocycles. The van der Waals surface area contributed by atoms with Crippen molar-refractivity contribution in [2.45, 2.75) is 238 Å². The average Bonchev–Trinajstić information content (AvgIpc) is 3.17. The second-order valence-electron chi connectivity index (χ2n) is 17.8. The first-order valence-corrected chi connectivity index (χ1v) is 25.9. The number of esters is 2. The van der Waals surface area contributed by atoms with Crippen LogP contribution in [0.4, 0.5) is 0 Å². The molecule has 0 heterocycles. The van der Waals surface area contributed by atoms with Crippen LogP contribution in [0.15, 0.2) is 12.2 Å². The third-order valence-corrected chi connectivity index (χ3v) is 11.7. The van der Waals surface area contributed by atoms with Gasteiger partial charge in [-0.05, 0) is 38.5 Å². The van der Waals surface area contributed by atoms with Crippen LogP contribution in [0.3, 0.4) is 0 Å². The van der Waals surface area contributed by atoms with Crippen LogP contribution in [0.2, 0.25) is 0 Å². The molecule has 344 valence electrons. The van der Waals surface area contributed by atoms with Gasteiger partial charge in [0.25, 0.3) is 7.82 Å². The highest BCUT2D eigenvalue weighted by Crippen LogP contribution is 2.38. The molecule has 0 saturated carbocycles. The molecule has 0 aromatic heterocycles. The second-order valence-corrected chi connectivity index (χ2v) is 19.2. The minimum Gasteiger partial charge on any atom is -0.756 e. The number of allylic oxidation sites excluding steroid dienone is 2. The SMILES string of the molecule is CCCCCC/C=C/CCCCCCCCCC(=O)O[C@H](COC(=O)CCCCCCCCCCCCCCCCCCCCC)COP(=O)([O-])OCC[N+](C)(C)C. The lowest BCUT2D eigenvalue weighted by atomic mass is 10.0. The van der Waals surface area contributed by atoms with Crippen LogP contribution in [0, 0.1) is 0 Å². The molecular weight excluding hydrogens is 750 g/mol. The van der Waals surface area contributed by atoms with Gasteiger partial charge in [0.15, 0.2) is 6.10 Å². The van der Waals surface area contributed by atoms with Crippen molar-refractivity contribution in [2.24, 2.45) is 0 Å². The van der Waals surface area contributed by atoms with Crippen molar-refractivity contribution >= 4 is 19.8 Å². The van der Waals surface area contributed by atoms with Gasteiger partial charge >= 0.3 is 11.9 Å². The summed E-state index contributed by atoms with van der Waals surface area (Å²) in [5.41, 5.74) is 0. The molecule has 0 rings (SSSR count). The predicted octanol–water partition coefficient (Wildman–Crippen LogP) is 13.5. The number of phosphoric acid groups is 1. The summed E-state index contributed by atoms with van der Waals surface area (Å²) in [6.45, 7) is 4.25. The highest BCUT2D eigenvalue weighted by Gasteiger charge is 2.21. The normalized spacial score (nSPS) is 13.6. The molecule has 9 nitrogen and oxygen atoms in total.